The molecule has 3 rings (SSSR count). The van der Waals surface area contributed by atoms with Gasteiger partial charge < -0.3 is 9.72 Å². The lowest BCUT2D eigenvalue weighted by atomic mass is 10.1. The van der Waals surface area contributed by atoms with Crippen LogP contribution in [-0.4, -0.2) is 4.98 Å². The number of fused-ring (bicyclic) bond motifs is 1. The number of aromatic nitrogens is 1. The minimum Gasteiger partial charge on any atom is -0.489 e. The van der Waals surface area contributed by atoms with E-state index in [0.717, 1.165) is 5.56 Å². The van der Waals surface area contributed by atoms with E-state index in [1.165, 1.54) is 18.2 Å². The molecule has 0 aliphatic carbocycles. The van der Waals surface area contributed by atoms with E-state index < -0.39 is 17.3 Å². The van der Waals surface area contributed by atoms with E-state index in [0.29, 0.717) is 11.8 Å². The Labute approximate surface area is 129 Å². The lowest BCUT2D eigenvalue weighted by Crippen LogP contribution is -2.13. The zero-order valence-electron chi connectivity index (χ0n) is 11.9. The van der Waals surface area contributed by atoms with Crippen LogP contribution in [-0.2, 0) is 12.8 Å². The molecule has 1 aromatic heterocycles. The summed E-state index contributed by atoms with van der Waals surface area (Å²) in [4.78, 5) is 13.8. The normalized spacial score (nSPS) is 11.6. The molecular weight excluding hydrogens is 307 g/mol. The molecule has 23 heavy (non-hydrogen) atoms. The number of ether oxygens (including phenoxy) is 1. The smallest absolute Gasteiger partial charge is 0.417 e. The van der Waals surface area contributed by atoms with Gasteiger partial charge in [0.1, 0.15) is 12.4 Å². The van der Waals surface area contributed by atoms with E-state index in [-0.39, 0.29) is 17.5 Å². The zero-order valence-corrected chi connectivity index (χ0v) is 11.9. The van der Waals surface area contributed by atoms with Gasteiger partial charge in [0.2, 0.25) is 5.56 Å². The lowest BCUT2D eigenvalue weighted by Gasteiger charge is -2.12. The molecule has 1 heterocycles. The highest BCUT2D eigenvalue weighted by molar-refractivity contribution is 5.83. The summed E-state index contributed by atoms with van der Waals surface area (Å²) in [6, 6.07) is 14.1. The van der Waals surface area contributed by atoms with Gasteiger partial charge in [0.05, 0.1) is 5.56 Å². The molecule has 2 aromatic carbocycles. The molecule has 0 bridgehead atoms. The zero-order chi connectivity index (χ0) is 16.4. The number of hydrogen-bond acceptors (Lipinski definition) is 2. The van der Waals surface area contributed by atoms with Crippen LogP contribution in [0.3, 0.4) is 0 Å². The highest BCUT2D eigenvalue weighted by Crippen LogP contribution is 2.34. The lowest BCUT2D eigenvalue weighted by molar-refractivity contribution is -0.136. The summed E-state index contributed by atoms with van der Waals surface area (Å²) < 4.78 is 44.8. The Morgan fingerprint density at radius 3 is 2.43 bits per heavy atom. The van der Waals surface area contributed by atoms with E-state index in [1.807, 2.05) is 30.3 Å². The molecule has 3 aromatic rings. The van der Waals surface area contributed by atoms with Gasteiger partial charge in [0.15, 0.2) is 0 Å². The van der Waals surface area contributed by atoms with Crippen LogP contribution in [0, 0.1) is 0 Å². The minimum atomic E-state index is -4.61. The second-order valence-electron chi connectivity index (χ2n) is 5.03. The molecule has 118 valence electrons. The summed E-state index contributed by atoms with van der Waals surface area (Å²) >= 11 is 0. The van der Waals surface area contributed by atoms with Gasteiger partial charge in [-0.15, -0.1) is 0 Å². The Balaban J connectivity index is 1.97. The number of hydrogen-bond donors (Lipinski definition) is 1. The molecule has 6 heteroatoms. The Morgan fingerprint density at radius 1 is 1.00 bits per heavy atom. The maximum atomic E-state index is 13.1. The van der Waals surface area contributed by atoms with Gasteiger partial charge in [0.25, 0.3) is 0 Å². The van der Waals surface area contributed by atoms with Gasteiger partial charge in [-0.05, 0) is 23.8 Å². The van der Waals surface area contributed by atoms with Crippen molar-refractivity contribution in [2.75, 3.05) is 0 Å². The van der Waals surface area contributed by atoms with Gasteiger partial charge >= 0.3 is 6.18 Å². The highest BCUT2D eigenvalue weighted by Gasteiger charge is 2.33. The van der Waals surface area contributed by atoms with Crippen LogP contribution in [0.25, 0.3) is 10.9 Å². The first-order chi connectivity index (χ1) is 10.9. The number of H-pyrrole nitrogens is 1. The van der Waals surface area contributed by atoms with Gasteiger partial charge in [-0.2, -0.15) is 13.2 Å². The van der Waals surface area contributed by atoms with Crippen molar-refractivity contribution in [1.29, 1.82) is 0 Å². The molecule has 0 spiro atoms. The largest absolute Gasteiger partial charge is 0.489 e. The van der Waals surface area contributed by atoms with E-state index in [1.54, 1.807) is 0 Å². The Hall–Kier alpha value is -2.76. The van der Waals surface area contributed by atoms with Crippen molar-refractivity contribution in [3.05, 3.63) is 76.1 Å². The summed E-state index contributed by atoms with van der Waals surface area (Å²) in [5.41, 5.74) is -0.730. The fraction of sp³-hybridized carbons (Fsp3) is 0.118. The number of pyridine rings is 1. The molecular formula is C17H12F3NO2. The van der Waals surface area contributed by atoms with E-state index in [2.05, 4.69) is 4.98 Å². The first-order valence-corrected chi connectivity index (χ1v) is 6.84. The van der Waals surface area contributed by atoms with Crippen LogP contribution in [0.2, 0.25) is 0 Å². The van der Waals surface area contributed by atoms with Crippen LogP contribution in [0.4, 0.5) is 13.2 Å². The van der Waals surface area contributed by atoms with Crippen molar-refractivity contribution >= 4 is 10.9 Å². The number of aromatic amines is 1. The molecule has 0 atom stereocenters. The van der Waals surface area contributed by atoms with Crippen molar-refractivity contribution in [3.8, 4) is 5.75 Å². The minimum absolute atomic E-state index is 0.0948. The van der Waals surface area contributed by atoms with Crippen LogP contribution in [0.1, 0.15) is 11.1 Å². The van der Waals surface area contributed by atoms with Gasteiger partial charge in [0, 0.05) is 17.0 Å². The Bertz CT molecular complexity index is 886. The van der Waals surface area contributed by atoms with E-state index in [9.17, 15) is 18.0 Å². The maximum Gasteiger partial charge on any atom is 0.417 e. The Kier molecular flexibility index (Phi) is 3.82. The average molecular weight is 319 g/mol. The molecule has 0 amide bonds. The predicted molar refractivity (Wildman–Crippen MR) is 80.3 cm³/mol. The molecule has 0 aliphatic heterocycles. The Morgan fingerprint density at radius 2 is 1.74 bits per heavy atom. The fourth-order valence-electron chi connectivity index (χ4n) is 2.30. The number of halogens is 3. The fourth-order valence-corrected chi connectivity index (χ4v) is 2.30. The van der Waals surface area contributed by atoms with Crippen LogP contribution in [0.5, 0.6) is 5.75 Å². The van der Waals surface area contributed by atoms with Crippen LogP contribution < -0.4 is 10.3 Å². The second kappa shape index (κ2) is 5.79. The van der Waals surface area contributed by atoms with E-state index >= 15 is 0 Å². The molecule has 3 nitrogen and oxygen atoms in total. The molecule has 0 radical (unpaired) electrons. The molecule has 0 saturated carbocycles. The van der Waals surface area contributed by atoms with Crippen molar-refractivity contribution in [3.63, 3.8) is 0 Å². The summed E-state index contributed by atoms with van der Waals surface area (Å²) in [5.74, 6) is 0.305. The molecule has 0 unspecified atom stereocenters. The van der Waals surface area contributed by atoms with Crippen molar-refractivity contribution in [2.45, 2.75) is 12.8 Å². The summed E-state index contributed by atoms with van der Waals surface area (Å²) in [5, 5.41) is -0.0948. The van der Waals surface area contributed by atoms with Crippen molar-refractivity contribution in [1.82, 2.24) is 4.98 Å². The first-order valence-electron chi connectivity index (χ1n) is 6.84. The molecule has 0 fully saturated rings. The van der Waals surface area contributed by atoms with Crippen LogP contribution >= 0.6 is 0 Å². The van der Waals surface area contributed by atoms with Crippen molar-refractivity contribution in [2.24, 2.45) is 0 Å². The topological polar surface area (TPSA) is 42.1 Å². The third kappa shape index (κ3) is 3.36. The quantitative estimate of drug-likeness (QED) is 0.789. The first kappa shape index (κ1) is 15.1. The summed E-state index contributed by atoms with van der Waals surface area (Å²) in [7, 11) is 0. The number of rotatable bonds is 3. The predicted octanol–water partition coefficient (Wildman–Crippen LogP) is 4.13. The third-order valence-electron chi connectivity index (χ3n) is 3.37. The average Bonchev–Trinajstić information content (AvgIpc) is 2.52. The number of benzene rings is 2. The van der Waals surface area contributed by atoms with Gasteiger partial charge in [-0.1, -0.05) is 30.3 Å². The second-order valence-corrected chi connectivity index (χ2v) is 5.03. The monoisotopic (exact) mass is 319 g/mol. The third-order valence-corrected chi connectivity index (χ3v) is 3.37. The highest BCUT2D eigenvalue weighted by atomic mass is 19.4. The van der Waals surface area contributed by atoms with Crippen molar-refractivity contribution < 1.29 is 17.9 Å². The molecule has 0 aliphatic rings. The van der Waals surface area contributed by atoms with Gasteiger partial charge in [-0.25, -0.2) is 0 Å². The molecule has 1 N–H and O–H groups in total. The summed E-state index contributed by atoms with van der Waals surface area (Å²) in [6.07, 6.45) is -4.61. The van der Waals surface area contributed by atoms with E-state index in [4.69, 9.17) is 4.74 Å². The SMILES string of the molecule is O=c1cc(C(F)(F)F)c2cc(OCc3ccccc3)ccc2[nH]1. The summed E-state index contributed by atoms with van der Waals surface area (Å²) in [6.45, 7) is 0.247. The van der Waals surface area contributed by atoms with Gasteiger partial charge in [-0.3, -0.25) is 4.79 Å². The number of alkyl halides is 3. The standard InChI is InChI=1S/C17H12F3NO2/c18-17(19,20)14-9-16(22)21-15-7-6-12(8-13(14)15)23-10-11-4-2-1-3-5-11/h1-9H,10H2,(H,21,22). The number of nitrogens with one attached hydrogen (secondary N) is 1. The van der Waals surface area contributed by atoms with Crippen LogP contribution in [0.15, 0.2) is 59.4 Å². The maximum absolute atomic E-state index is 13.1. The molecule has 0 saturated heterocycles.